The van der Waals surface area contributed by atoms with Crippen LogP contribution in [0.4, 0.5) is 0 Å². The fourth-order valence-electron chi connectivity index (χ4n) is 1.55. The summed E-state index contributed by atoms with van der Waals surface area (Å²) >= 11 is 5.83. The standard InChI is InChI=1S/C13H18ClNO2/c1-10(16)17-13(8-9-15(2)3)11-4-6-12(14)7-5-11/h4-7,13H,8-9H2,1-3H3/t13-/m0/s1. The van der Waals surface area contributed by atoms with Gasteiger partial charge in [-0.2, -0.15) is 0 Å². The predicted octanol–water partition coefficient (Wildman–Crippen LogP) is 2.90. The first-order chi connectivity index (χ1) is 7.99. The molecule has 1 aromatic rings. The minimum atomic E-state index is -0.260. The van der Waals surface area contributed by atoms with Crippen molar-refractivity contribution in [1.82, 2.24) is 4.90 Å². The molecule has 0 N–H and O–H groups in total. The molecule has 1 rings (SSSR count). The van der Waals surface area contributed by atoms with E-state index in [9.17, 15) is 4.79 Å². The molecule has 4 heteroatoms. The highest BCUT2D eigenvalue weighted by Crippen LogP contribution is 2.23. The zero-order valence-corrected chi connectivity index (χ0v) is 11.2. The van der Waals surface area contributed by atoms with Crippen molar-refractivity contribution in [3.63, 3.8) is 0 Å². The summed E-state index contributed by atoms with van der Waals surface area (Å²) in [7, 11) is 3.99. The summed E-state index contributed by atoms with van der Waals surface area (Å²) < 4.78 is 5.32. The van der Waals surface area contributed by atoms with E-state index in [1.165, 1.54) is 6.92 Å². The SMILES string of the molecule is CC(=O)O[C@@H](CCN(C)C)c1ccc(Cl)cc1. The smallest absolute Gasteiger partial charge is 0.303 e. The van der Waals surface area contributed by atoms with E-state index in [4.69, 9.17) is 16.3 Å². The quantitative estimate of drug-likeness (QED) is 0.758. The summed E-state index contributed by atoms with van der Waals surface area (Å²) in [5, 5.41) is 0.683. The van der Waals surface area contributed by atoms with Gasteiger partial charge in [0.25, 0.3) is 0 Å². The van der Waals surface area contributed by atoms with Gasteiger partial charge in [-0.25, -0.2) is 0 Å². The Morgan fingerprint density at radius 3 is 2.41 bits per heavy atom. The van der Waals surface area contributed by atoms with Crippen LogP contribution in [-0.2, 0) is 9.53 Å². The fourth-order valence-corrected chi connectivity index (χ4v) is 1.67. The summed E-state index contributed by atoms with van der Waals surface area (Å²) in [4.78, 5) is 13.1. The lowest BCUT2D eigenvalue weighted by atomic mass is 10.1. The topological polar surface area (TPSA) is 29.5 Å². The first kappa shape index (κ1) is 14.0. The van der Waals surface area contributed by atoms with Crippen LogP contribution in [0.15, 0.2) is 24.3 Å². The van der Waals surface area contributed by atoms with E-state index in [1.54, 1.807) is 0 Å². The Morgan fingerprint density at radius 1 is 1.35 bits per heavy atom. The van der Waals surface area contributed by atoms with Gasteiger partial charge in [-0.3, -0.25) is 4.79 Å². The highest BCUT2D eigenvalue weighted by molar-refractivity contribution is 6.30. The number of hydrogen-bond acceptors (Lipinski definition) is 3. The van der Waals surface area contributed by atoms with Gasteiger partial charge in [-0.1, -0.05) is 23.7 Å². The van der Waals surface area contributed by atoms with Crippen LogP contribution < -0.4 is 0 Å². The summed E-state index contributed by atoms with van der Waals surface area (Å²) in [6.07, 6.45) is 0.570. The maximum atomic E-state index is 11.1. The molecular formula is C13H18ClNO2. The summed E-state index contributed by atoms with van der Waals surface area (Å²) in [5.74, 6) is -0.260. The van der Waals surface area contributed by atoms with Crippen LogP contribution in [0.3, 0.4) is 0 Å². The molecular weight excluding hydrogens is 238 g/mol. The lowest BCUT2D eigenvalue weighted by Crippen LogP contribution is -2.18. The third-order valence-electron chi connectivity index (χ3n) is 2.39. The molecule has 0 heterocycles. The van der Waals surface area contributed by atoms with Crippen LogP contribution in [0.25, 0.3) is 0 Å². The van der Waals surface area contributed by atoms with Crippen molar-refractivity contribution < 1.29 is 9.53 Å². The molecule has 0 saturated carbocycles. The van der Waals surface area contributed by atoms with Crippen molar-refractivity contribution in [1.29, 1.82) is 0 Å². The molecule has 0 unspecified atom stereocenters. The molecule has 0 spiro atoms. The number of halogens is 1. The number of carbonyl (C=O) groups excluding carboxylic acids is 1. The van der Waals surface area contributed by atoms with Crippen molar-refractivity contribution in [2.45, 2.75) is 19.4 Å². The maximum Gasteiger partial charge on any atom is 0.303 e. The fraction of sp³-hybridized carbons (Fsp3) is 0.462. The molecule has 3 nitrogen and oxygen atoms in total. The second-order valence-electron chi connectivity index (χ2n) is 4.24. The number of ether oxygens (including phenoxy) is 1. The zero-order chi connectivity index (χ0) is 12.8. The Kier molecular flexibility index (Phi) is 5.45. The number of hydrogen-bond donors (Lipinski definition) is 0. The van der Waals surface area contributed by atoms with E-state index < -0.39 is 0 Å². The molecule has 0 radical (unpaired) electrons. The van der Waals surface area contributed by atoms with Crippen LogP contribution in [0, 0.1) is 0 Å². The van der Waals surface area contributed by atoms with Crippen LogP contribution in [0.2, 0.25) is 5.02 Å². The van der Waals surface area contributed by atoms with Gasteiger partial charge in [0, 0.05) is 24.9 Å². The van der Waals surface area contributed by atoms with Gasteiger partial charge in [-0.15, -0.1) is 0 Å². The Bertz CT molecular complexity index is 362. The van der Waals surface area contributed by atoms with E-state index in [0.29, 0.717) is 5.02 Å². The zero-order valence-electron chi connectivity index (χ0n) is 10.4. The normalized spacial score (nSPS) is 12.5. The van der Waals surface area contributed by atoms with Gasteiger partial charge >= 0.3 is 5.97 Å². The number of nitrogens with zero attached hydrogens (tertiary/aromatic N) is 1. The van der Waals surface area contributed by atoms with Crippen molar-refractivity contribution in [2.75, 3.05) is 20.6 Å². The molecule has 0 fully saturated rings. The number of rotatable bonds is 5. The van der Waals surface area contributed by atoms with Gasteiger partial charge in [0.05, 0.1) is 0 Å². The molecule has 0 saturated heterocycles. The maximum absolute atomic E-state index is 11.1. The lowest BCUT2D eigenvalue weighted by molar-refractivity contribution is -0.147. The number of carbonyl (C=O) groups is 1. The molecule has 0 aliphatic carbocycles. The van der Waals surface area contributed by atoms with E-state index in [0.717, 1.165) is 18.5 Å². The van der Waals surface area contributed by atoms with Gasteiger partial charge in [0.2, 0.25) is 0 Å². The van der Waals surface area contributed by atoms with E-state index in [2.05, 4.69) is 4.90 Å². The minimum absolute atomic E-state index is 0.202. The molecule has 1 atom stereocenters. The molecule has 0 aromatic heterocycles. The van der Waals surface area contributed by atoms with Crippen LogP contribution in [-0.4, -0.2) is 31.5 Å². The van der Waals surface area contributed by atoms with Crippen molar-refractivity contribution in [3.8, 4) is 0 Å². The van der Waals surface area contributed by atoms with Gasteiger partial charge in [0.1, 0.15) is 6.10 Å². The van der Waals surface area contributed by atoms with Gasteiger partial charge < -0.3 is 9.64 Å². The third kappa shape index (κ3) is 5.20. The first-order valence-corrected chi connectivity index (χ1v) is 5.94. The molecule has 0 aliphatic rings. The number of esters is 1. The molecule has 17 heavy (non-hydrogen) atoms. The lowest BCUT2D eigenvalue weighted by Gasteiger charge is -2.19. The van der Waals surface area contributed by atoms with Crippen LogP contribution >= 0.6 is 11.6 Å². The Labute approximate surface area is 107 Å². The molecule has 0 aliphatic heterocycles. The molecule has 1 aromatic carbocycles. The van der Waals surface area contributed by atoms with Crippen molar-refractivity contribution >= 4 is 17.6 Å². The van der Waals surface area contributed by atoms with E-state index >= 15 is 0 Å². The highest BCUT2D eigenvalue weighted by atomic mass is 35.5. The van der Waals surface area contributed by atoms with E-state index in [-0.39, 0.29) is 12.1 Å². The first-order valence-electron chi connectivity index (χ1n) is 5.56. The average Bonchev–Trinajstić information content (AvgIpc) is 2.25. The summed E-state index contributed by atoms with van der Waals surface area (Å²) in [5.41, 5.74) is 0.978. The Morgan fingerprint density at radius 2 is 1.94 bits per heavy atom. The van der Waals surface area contributed by atoms with Crippen molar-refractivity contribution in [2.24, 2.45) is 0 Å². The minimum Gasteiger partial charge on any atom is -0.458 e. The largest absolute Gasteiger partial charge is 0.458 e. The molecule has 0 amide bonds. The summed E-state index contributed by atoms with van der Waals surface area (Å²) in [6.45, 7) is 2.29. The van der Waals surface area contributed by atoms with E-state index in [1.807, 2.05) is 38.4 Å². The third-order valence-corrected chi connectivity index (χ3v) is 2.64. The van der Waals surface area contributed by atoms with Gasteiger partial charge in [0.15, 0.2) is 0 Å². The average molecular weight is 256 g/mol. The predicted molar refractivity (Wildman–Crippen MR) is 69.1 cm³/mol. The highest BCUT2D eigenvalue weighted by Gasteiger charge is 2.14. The molecule has 0 bridgehead atoms. The second kappa shape index (κ2) is 6.62. The van der Waals surface area contributed by atoms with Crippen molar-refractivity contribution in [3.05, 3.63) is 34.9 Å². The van der Waals surface area contributed by atoms with Crippen LogP contribution in [0.1, 0.15) is 25.0 Å². The Balaban J connectivity index is 2.74. The number of benzene rings is 1. The molecule has 94 valence electrons. The van der Waals surface area contributed by atoms with Gasteiger partial charge in [-0.05, 0) is 31.8 Å². The summed E-state index contributed by atoms with van der Waals surface area (Å²) in [6, 6.07) is 7.41. The second-order valence-corrected chi connectivity index (χ2v) is 4.68. The monoisotopic (exact) mass is 255 g/mol. The van der Waals surface area contributed by atoms with Crippen LogP contribution in [0.5, 0.6) is 0 Å². The Hall–Kier alpha value is -1.06.